The van der Waals surface area contributed by atoms with Crippen LogP contribution in [-0.2, 0) is 5.41 Å². The minimum atomic E-state index is 0.373. The number of rotatable bonds is 2. The summed E-state index contributed by atoms with van der Waals surface area (Å²) < 4.78 is 0. The van der Waals surface area contributed by atoms with Crippen LogP contribution in [0.2, 0.25) is 0 Å². The normalized spacial score (nSPS) is 33.8. The molecule has 1 aromatic carbocycles. The Bertz CT molecular complexity index is 685. The number of hydrogen-bond acceptors (Lipinski definition) is 1. The first-order valence-corrected chi connectivity index (χ1v) is 15.2. The Morgan fingerprint density at radius 1 is 0.545 bits per heavy atom. The van der Waals surface area contributed by atoms with Crippen molar-refractivity contribution in [3.05, 3.63) is 29.8 Å². The Morgan fingerprint density at radius 3 is 1.45 bits per heavy atom. The molecule has 4 atom stereocenters. The van der Waals surface area contributed by atoms with E-state index in [0.29, 0.717) is 5.41 Å². The number of benzene rings is 1. The smallest absolute Gasteiger partial charge is 0.0371 e. The van der Waals surface area contributed by atoms with Crippen LogP contribution in [0.1, 0.15) is 141 Å². The lowest BCUT2D eigenvalue weighted by Crippen LogP contribution is -2.39. The van der Waals surface area contributed by atoms with Gasteiger partial charge in [0.05, 0.1) is 0 Å². The highest BCUT2D eigenvalue weighted by Gasteiger charge is 2.49. The maximum Gasteiger partial charge on any atom is 0.0371 e. The molecule has 3 aliphatic carbocycles. The molecule has 1 aliphatic heterocycles. The van der Waals surface area contributed by atoms with Crippen LogP contribution in [0.5, 0.6) is 0 Å². The van der Waals surface area contributed by atoms with Gasteiger partial charge in [-0.2, -0.15) is 0 Å². The summed E-state index contributed by atoms with van der Waals surface area (Å²) in [5, 5.41) is 0. The average molecular weight is 450 g/mol. The third-order valence-corrected chi connectivity index (χ3v) is 10.4. The van der Waals surface area contributed by atoms with Gasteiger partial charge in [0.25, 0.3) is 0 Å². The van der Waals surface area contributed by atoms with E-state index in [0.717, 1.165) is 23.9 Å². The van der Waals surface area contributed by atoms with Crippen molar-refractivity contribution in [1.82, 2.24) is 0 Å². The Morgan fingerprint density at radius 2 is 0.970 bits per heavy atom. The molecule has 5 rings (SSSR count). The zero-order valence-electron chi connectivity index (χ0n) is 21.7. The minimum absolute atomic E-state index is 0.373. The zero-order chi connectivity index (χ0) is 22.5. The number of fused-ring (bicyclic) bond motifs is 3. The summed E-state index contributed by atoms with van der Waals surface area (Å²) in [4.78, 5) is 2.95. The van der Waals surface area contributed by atoms with E-state index in [9.17, 15) is 0 Å². The van der Waals surface area contributed by atoms with E-state index < -0.39 is 0 Å². The summed E-state index contributed by atoms with van der Waals surface area (Å²) in [5.41, 5.74) is 3.55. The van der Waals surface area contributed by atoms with E-state index in [1.165, 1.54) is 128 Å². The molecule has 4 unspecified atom stereocenters. The van der Waals surface area contributed by atoms with Crippen LogP contribution in [0.15, 0.2) is 24.3 Å². The first-order valence-electron chi connectivity index (χ1n) is 15.2. The van der Waals surface area contributed by atoms with Gasteiger partial charge in [-0.15, -0.1) is 0 Å². The Balaban J connectivity index is 1.32. The second kappa shape index (κ2) is 11.2. The Kier molecular flexibility index (Phi) is 8.04. The lowest BCUT2D eigenvalue weighted by atomic mass is 9.73. The molecule has 33 heavy (non-hydrogen) atoms. The van der Waals surface area contributed by atoms with Crippen molar-refractivity contribution >= 4 is 5.69 Å². The molecule has 1 heteroatoms. The van der Waals surface area contributed by atoms with Crippen molar-refractivity contribution in [3.8, 4) is 0 Å². The van der Waals surface area contributed by atoms with Crippen LogP contribution in [0, 0.1) is 11.8 Å². The highest BCUT2D eigenvalue weighted by molar-refractivity contribution is 5.53. The molecule has 0 aromatic heterocycles. The first-order chi connectivity index (χ1) is 16.3. The van der Waals surface area contributed by atoms with E-state index in [4.69, 9.17) is 0 Å². The van der Waals surface area contributed by atoms with Gasteiger partial charge >= 0.3 is 0 Å². The molecule has 0 radical (unpaired) electrons. The van der Waals surface area contributed by atoms with Crippen molar-refractivity contribution < 1.29 is 0 Å². The van der Waals surface area contributed by atoms with Gasteiger partial charge in [-0.05, 0) is 73.5 Å². The average Bonchev–Trinajstić information content (AvgIpc) is 3.20. The zero-order valence-corrected chi connectivity index (χ0v) is 21.7. The van der Waals surface area contributed by atoms with Gasteiger partial charge in [-0.25, -0.2) is 0 Å². The molecular formula is C32H51N. The van der Waals surface area contributed by atoms with Crippen molar-refractivity contribution in [2.45, 2.75) is 153 Å². The molecule has 0 bridgehead atoms. The van der Waals surface area contributed by atoms with Crippen molar-refractivity contribution in [1.29, 1.82) is 0 Å². The molecule has 0 amide bonds. The standard InChI is InChI=1S/C32H51N/c1-32(24-14-8-6-4-2-3-5-7-9-15-25-32)26-20-22-27(23-21-26)33-30-18-12-10-16-28(30)29-17-11-13-19-31(29)33/h20-23,28-31H,2-19,24-25H2,1H3. The van der Waals surface area contributed by atoms with Gasteiger partial charge in [0.2, 0.25) is 0 Å². The molecule has 184 valence electrons. The summed E-state index contributed by atoms with van der Waals surface area (Å²) in [7, 11) is 0. The predicted molar refractivity (Wildman–Crippen MR) is 143 cm³/mol. The van der Waals surface area contributed by atoms with Gasteiger partial charge in [0, 0.05) is 17.8 Å². The van der Waals surface area contributed by atoms with E-state index in [-0.39, 0.29) is 0 Å². The Hall–Kier alpha value is -0.980. The van der Waals surface area contributed by atoms with Crippen molar-refractivity contribution in [3.63, 3.8) is 0 Å². The minimum Gasteiger partial charge on any atom is -0.365 e. The van der Waals surface area contributed by atoms with E-state index in [1.54, 1.807) is 11.3 Å². The SMILES string of the molecule is CC1(c2ccc(N3C4CCCCC4C4CCCCC43)cc2)CCCCCCCCCCCC1. The maximum atomic E-state index is 2.95. The molecule has 1 saturated heterocycles. The van der Waals surface area contributed by atoms with Crippen LogP contribution in [-0.4, -0.2) is 12.1 Å². The van der Waals surface area contributed by atoms with Gasteiger partial charge in [0.1, 0.15) is 0 Å². The molecule has 4 aliphatic rings. The number of anilines is 1. The second-order valence-electron chi connectivity index (χ2n) is 12.6. The van der Waals surface area contributed by atoms with Crippen LogP contribution in [0.4, 0.5) is 5.69 Å². The summed E-state index contributed by atoms with van der Waals surface area (Å²) >= 11 is 0. The molecule has 0 spiro atoms. The van der Waals surface area contributed by atoms with Crippen molar-refractivity contribution in [2.75, 3.05) is 4.90 Å². The fourth-order valence-electron chi connectivity index (χ4n) is 8.49. The fraction of sp³-hybridized carbons (Fsp3) is 0.812. The van der Waals surface area contributed by atoms with Crippen LogP contribution >= 0.6 is 0 Å². The topological polar surface area (TPSA) is 3.24 Å². The van der Waals surface area contributed by atoms with E-state index in [2.05, 4.69) is 36.1 Å². The lowest BCUT2D eigenvalue weighted by Gasteiger charge is -2.37. The highest BCUT2D eigenvalue weighted by atomic mass is 15.2. The fourth-order valence-corrected chi connectivity index (χ4v) is 8.49. The first kappa shape index (κ1) is 23.7. The largest absolute Gasteiger partial charge is 0.365 e. The predicted octanol–water partition coefficient (Wildman–Crippen LogP) is 9.58. The maximum absolute atomic E-state index is 2.95. The number of hydrogen-bond donors (Lipinski definition) is 0. The Labute approximate surface area is 205 Å². The van der Waals surface area contributed by atoms with Crippen LogP contribution in [0.25, 0.3) is 0 Å². The van der Waals surface area contributed by atoms with Crippen LogP contribution < -0.4 is 4.90 Å². The number of nitrogens with zero attached hydrogens (tertiary/aromatic N) is 1. The van der Waals surface area contributed by atoms with Gasteiger partial charge in [-0.1, -0.05) is 109 Å². The molecule has 1 aromatic rings. The summed E-state index contributed by atoms with van der Waals surface area (Å²) in [6.07, 6.45) is 29.0. The molecule has 4 fully saturated rings. The summed E-state index contributed by atoms with van der Waals surface area (Å²) in [5.74, 6) is 1.97. The summed E-state index contributed by atoms with van der Waals surface area (Å²) in [6, 6.07) is 11.9. The molecule has 3 saturated carbocycles. The lowest BCUT2D eigenvalue weighted by molar-refractivity contribution is 0.231. The molecule has 1 heterocycles. The highest BCUT2D eigenvalue weighted by Crippen LogP contribution is 2.51. The monoisotopic (exact) mass is 449 g/mol. The molecular weight excluding hydrogens is 398 g/mol. The molecule has 0 N–H and O–H groups in total. The van der Waals surface area contributed by atoms with E-state index >= 15 is 0 Å². The van der Waals surface area contributed by atoms with Crippen LogP contribution in [0.3, 0.4) is 0 Å². The quantitative estimate of drug-likeness (QED) is 0.434. The van der Waals surface area contributed by atoms with E-state index in [1.807, 2.05) is 0 Å². The van der Waals surface area contributed by atoms with Crippen molar-refractivity contribution in [2.24, 2.45) is 11.8 Å². The summed E-state index contributed by atoms with van der Waals surface area (Å²) in [6.45, 7) is 2.59. The second-order valence-corrected chi connectivity index (χ2v) is 12.6. The van der Waals surface area contributed by atoms with Gasteiger partial charge in [-0.3, -0.25) is 0 Å². The molecule has 1 nitrogen and oxygen atoms in total. The third-order valence-electron chi connectivity index (χ3n) is 10.4. The third kappa shape index (κ3) is 5.33. The van der Waals surface area contributed by atoms with Gasteiger partial charge in [0.15, 0.2) is 0 Å². The van der Waals surface area contributed by atoms with Gasteiger partial charge < -0.3 is 4.90 Å².